The van der Waals surface area contributed by atoms with Crippen molar-refractivity contribution in [3.8, 4) is 0 Å². The minimum absolute atomic E-state index is 0.00273. The first kappa shape index (κ1) is 44.7. The molecule has 0 amide bonds. The van der Waals surface area contributed by atoms with Crippen molar-refractivity contribution in [2.75, 3.05) is 14.7 Å². The average molecular weight is 958 g/mol. The van der Waals surface area contributed by atoms with Gasteiger partial charge in [0.25, 0.3) is 6.71 Å². The SMILES string of the molecule is CC(C)(C)c1ccc2oc3c(c2c1)N(c1ccccc1)c1cc(N2c4ccccc4C(c4ccccc4)(c4ccccc4)c4ccccc42)cc2c1B3c1cc3c(cc1N2c1ccccc1)C(C)(C)CCC3(C)C. The third kappa shape index (κ3) is 6.35. The first-order valence-corrected chi connectivity index (χ1v) is 26.6. The minimum atomic E-state index is -0.597. The molecule has 1 aliphatic carbocycles. The van der Waals surface area contributed by atoms with Gasteiger partial charge in [-0.3, -0.25) is 0 Å². The van der Waals surface area contributed by atoms with Crippen LogP contribution >= 0.6 is 0 Å². The van der Waals surface area contributed by atoms with Gasteiger partial charge in [0.05, 0.1) is 33.8 Å². The molecule has 360 valence electrons. The fraction of sp³-hybridized carbons (Fsp3) is 0.188. The molecule has 1 aromatic heterocycles. The highest BCUT2D eigenvalue weighted by atomic mass is 16.3. The van der Waals surface area contributed by atoms with Crippen molar-refractivity contribution in [3.63, 3.8) is 0 Å². The third-order valence-electron chi connectivity index (χ3n) is 17.3. The van der Waals surface area contributed by atoms with E-state index < -0.39 is 5.41 Å². The van der Waals surface area contributed by atoms with Crippen molar-refractivity contribution in [1.82, 2.24) is 0 Å². The summed E-state index contributed by atoms with van der Waals surface area (Å²) in [5, 5.41) is 1.13. The Hall–Kier alpha value is -8.02. The molecule has 0 bridgehead atoms. The molecule has 4 heterocycles. The quantitative estimate of drug-likeness (QED) is 0.160. The van der Waals surface area contributed by atoms with E-state index in [0.717, 1.165) is 75.0 Å². The molecule has 0 spiro atoms. The number of benzene rings is 9. The Bertz CT molecular complexity index is 3760. The molecule has 0 radical (unpaired) electrons. The van der Waals surface area contributed by atoms with Gasteiger partial charge in [0, 0.05) is 33.8 Å². The Kier molecular flexibility index (Phi) is 9.65. The third-order valence-corrected chi connectivity index (χ3v) is 17.3. The van der Waals surface area contributed by atoms with Gasteiger partial charge in [0.2, 0.25) is 0 Å². The number of rotatable bonds is 5. The van der Waals surface area contributed by atoms with E-state index in [2.05, 4.69) is 275 Å². The van der Waals surface area contributed by atoms with Crippen LogP contribution in [-0.4, -0.2) is 6.71 Å². The number of furan rings is 1. The number of anilines is 9. The van der Waals surface area contributed by atoms with E-state index in [-0.39, 0.29) is 23.0 Å². The van der Waals surface area contributed by atoms with Crippen LogP contribution in [0.2, 0.25) is 0 Å². The van der Waals surface area contributed by atoms with Gasteiger partial charge >= 0.3 is 0 Å². The molecular formula is C69H60BN3O. The van der Waals surface area contributed by atoms with Crippen LogP contribution in [0.4, 0.5) is 51.2 Å². The monoisotopic (exact) mass is 957 g/mol. The van der Waals surface area contributed by atoms with Crippen molar-refractivity contribution in [3.05, 3.63) is 251 Å². The standard InChI is InChI=1S/C69H60BN3O/c1-66(2,3)47-36-37-62-51(40-47)64-65(74-62)70-56-43-54-55(68(6,7)39-38-67(54,4)5)44-59(56)71(48-28-16-10-17-29-48)60-41-50(42-61(63(60)70)73(64)49-30-18-11-19-31-49)72-57-34-22-20-32-52(57)69(45-24-12-8-13-25-45,46-26-14-9-15-27-46)53-33-21-23-35-58(53)72/h8-37,40-44H,38-39H2,1-7H3. The second-order valence-corrected chi connectivity index (χ2v) is 23.5. The predicted molar refractivity (Wildman–Crippen MR) is 311 cm³/mol. The largest absolute Gasteiger partial charge is 0.468 e. The summed E-state index contributed by atoms with van der Waals surface area (Å²) in [6.07, 6.45) is 2.26. The summed E-state index contributed by atoms with van der Waals surface area (Å²) in [5.74, 6) is 0. The topological polar surface area (TPSA) is 22.9 Å². The number of hydrogen-bond acceptors (Lipinski definition) is 4. The van der Waals surface area contributed by atoms with Crippen molar-refractivity contribution in [2.24, 2.45) is 0 Å². The van der Waals surface area contributed by atoms with Gasteiger partial charge in [-0.1, -0.05) is 194 Å². The molecule has 5 heteroatoms. The molecule has 74 heavy (non-hydrogen) atoms. The number of nitrogens with zero attached hydrogens (tertiary/aromatic N) is 3. The summed E-state index contributed by atoms with van der Waals surface area (Å²) in [5.41, 5.74) is 23.1. The number of para-hydroxylation sites is 4. The van der Waals surface area contributed by atoms with Gasteiger partial charge in [0.15, 0.2) is 0 Å². The van der Waals surface area contributed by atoms with Crippen LogP contribution in [-0.2, 0) is 21.7 Å². The molecule has 4 nitrogen and oxygen atoms in total. The normalized spacial score (nSPS) is 16.4. The van der Waals surface area contributed by atoms with E-state index in [1.54, 1.807) is 0 Å². The Labute approximate surface area is 436 Å². The lowest BCUT2D eigenvalue weighted by atomic mass is 9.35. The van der Waals surface area contributed by atoms with Crippen LogP contribution < -0.4 is 31.3 Å². The first-order chi connectivity index (χ1) is 35.8. The van der Waals surface area contributed by atoms with Crippen LogP contribution in [0.5, 0.6) is 0 Å². The molecule has 9 aromatic carbocycles. The fourth-order valence-electron chi connectivity index (χ4n) is 13.5. The minimum Gasteiger partial charge on any atom is -0.468 e. The van der Waals surface area contributed by atoms with E-state index in [4.69, 9.17) is 4.42 Å². The van der Waals surface area contributed by atoms with Crippen LogP contribution in [0, 0.1) is 0 Å². The van der Waals surface area contributed by atoms with Crippen molar-refractivity contribution in [2.45, 2.75) is 83.0 Å². The van der Waals surface area contributed by atoms with Gasteiger partial charge in [-0.25, -0.2) is 0 Å². The molecule has 4 aliphatic rings. The maximum atomic E-state index is 7.47. The van der Waals surface area contributed by atoms with Gasteiger partial charge in [-0.2, -0.15) is 0 Å². The van der Waals surface area contributed by atoms with E-state index in [9.17, 15) is 0 Å². The molecule has 0 unspecified atom stereocenters. The highest BCUT2D eigenvalue weighted by molar-refractivity contribution is 7.00. The average Bonchev–Trinajstić information content (AvgIpc) is 3.80. The van der Waals surface area contributed by atoms with Crippen LogP contribution in [0.25, 0.3) is 11.0 Å². The number of fused-ring (bicyclic) bond motifs is 9. The maximum Gasteiger partial charge on any atom is 0.297 e. The zero-order valence-electron chi connectivity index (χ0n) is 43.4. The van der Waals surface area contributed by atoms with Crippen LogP contribution in [0.15, 0.2) is 217 Å². The molecular weight excluding hydrogens is 898 g/mol. The Morgan fingerprint density at radius 2 is 0.905 bits per heavy atom. The second-order valence-electron chi connectivity index (χ2n) is 23.5. The molecule has 0 N–H and O–H groups in total. The van der Waals surface area contributed by atoms with Crippen LogP contribution in [0.1, 0.15) is 100 Å². The molecule has 0 fully saturated rings. The van der Waals surface area contributed by atoms with Crippen molar-refractivity contribution >= 4 is 85.5 Å². The lowest BCUT2D eigenvalue weighted by Crippen LogP contribution is -2.61. The van der Waals surface area contributed by atoms with Gasteiger partial charge in [-0.05, 0) is 146 Å². The first-order valence-electron chi connectivity index (χ1n) is 26.6. The second kappa shape index (κ2) is 16.0. The van der Waals surface area contributed by atoms with E-state index >= 15 is 0 Å². The molecule has 14 rings (SSSR count). The zero-order valence-corrected chi connectivity index (χ0v) is 43.4. The maximum absolute atomic E-state index is 7.47. The molecule has 10 aromatic rings. The van der Waals surface area contributed by atoms with E-state index in [0.29, 0.717) is 0 Å². The molecule has 3 aliphatic heterocycles. The molecule has 0 atom stereocenters. The summed E-state index contributed by atoms with van der Waals surface area (Å²) < 4.78 is 7.47. The Morgan fingerprint density at radius 1 is 0.432 bits per heavy atom. The zero-order chi connectivity index (χ0) is 50.3. The summed E-state index contributed by atoms with van der Waals surface area (Å²) in [4.78, 5) is 7.67. The summed E-state index contributed by atoms with van der Waals surface area (Å²) in [6.45, 7) is 16.5. The summed E-state index contributed by atoms with van der Waals surface area (Å²) in [7, 11) is 0. The molecule has 0 saturated heterocycles. The summed E-state index contributed by atoms with van der Waals surface area (Å²) >= 11 is 0. The highest BCUT2D eigenvalue weighted by Gasteiger charge is 2.51. The fourth-order valence-corrected chi connectivity index (χ4v) is 13.5. The van der Waals surface area contributed by atoms with Crippen molar-refractivity contribution < 1.29 is 4.42 Å². The van der Waals surface area contributed by atoms with Gasteiger partial charge in [-0.15, -0.1) is 0 Å². The van der Waals surface area contributed by atoms with Gasteiger partial charge < -0.3 is 19.1 Å². The highest BCUT2D eigenvalue weighted by Crippen LogP contribution is 2.59. The number of hydrogen-bond donors (Lipinski definition) is 0. The lowest BCUT2D eigenvalue weighted by molar-refractivity contribution is 0.332. The van der Waals surface area contributed by atoms with Gasteiger partial charge in [0.1, 0.15) is 5.58 Å². The van der Waals surface area contributed by atoms with E-state index in [1.807, 2.05) is 0 Å². The van der Waals surface area contributed by atoms with E-state index in [1.165, 1.54) is 55.6 Å². The van der Waals surface area contributed by atoms with Crippen LogP contribution in [0.3, 0.4) is 0 Å². The Morgan fingerprint density at radius 3 is 1.46 bits per heavy atom. The summed E-state index contributed by atoms with van der Waals surface area (Å²) in [6, 6.07) is 79.7. The predicted octanol–water partition coefficient (Wildman–Crippen LogP) is 16.3. The molecule has 0 saturated carbocycles. The smallest absolute Gasteiger partial charge is 0.297 e. The lowest BCUT2D eigenvalue weighted by Gasteiger charge is -2.48. The Balaban J connectivity index is 1.13. The van der Waals surface area contributed by atoms with Crippen molar-refractivity contribution in [1.29, 1.82) is 0 Å².